The van der Waals surface area contributed by atoms with Crippen molar-refractivity contribution in [3.63, 3.8) is 0 Å². The fraction of sp³-hybridized carbons (Fsp3) is 0.194. The quantitative estimate of drug-likeness (QED) is 0.229. The predicted octanol–water partition coefficient (Wildman–Crippen LogP) is 6.62. The third-order valence-electron chi connectivity index (χ3n) is 7.13. The van der Waals surface area contributed by atoms with Gasteiger partial charge in [0.2, 0.25) is 5.78 Å². The van der Waals surface area contributed by atoms with Crippen molar-refractivity contribution in [2.24, 2.45) is 5.92 Å². The van der Waals surface area contributed by atoms with Gasteiger partial charge in [0.25, 0.3) is 0 Å². The van der Waals surface area contributed by atoms with Crippen molar-refractivity contribution in [3.05, 3.63) is 113 Å². The fourth-order valence-corrected chi connectivity index (χ4v) is 5.28. The number of benzene rings is 3. The Balaban J connectivity index is 1.46. The predicted molar refractivity (Wildman–Crippen MR) is 140 cm³/mol. The molecule has 2 aromatic heterocycles. The number of nitrogens with one attached hydrogen (secondary N) is 1. The topological polar surface area (TPSA) is 72.0 Å². The van der Waals surface area contributed by atoms with Crippen molar-refractivity contribution in [1.29, 1.82) is 0 Å². The average Bonchev–Trinajstić information content (AvgIpc) is 3.35. The minimum Gasteiger partial charge on any atom is -0.445 e. The highest BCUT2D eigenvalue weighted by molar-refractivity contribution is 6.12. The Hall–Kier alpha value is -4.25. The lowest BCUT2D eigenvalue weighted by Crippen LogP contribution is -2.23. The van der Waals surface area contributed by atoms with E-state index in [4.69, 9.17) is 9.72 Å². The van der Waals surface area contributed by atoms with Crippen molar-refractivity contribution in [3.8, 4) is 0 Å². The molecule has 36 heavy (non-hydrogen) atoms. The first-order chi connectivity index (χ1) is 17.6. The van der Waals surface area contributed by atoms with Crippen LogP contribution in [0.4, 0.5) is 0 Å². The number of para-hydroxylation sites is 2. The van der Waals surface area contributed by atoms with Gasteiger partial charge in [-0.05, 0) is 42.9 Å². The largest absolute Gasteiger partial charge is 0.445 e. The van der Waals surface area contributed by atoms with E-state index in [0.717, 1.165) is 52.3 Å². The SMILES string of the molecule is CC1CCc2nc3ccccc3c(C(=O)OC(C(=O)c3c[nH]c4ccccc34)c3ccccc3)c2C1. The van der Waals surface area contributed by atoms with Crippen LogP contribution in [0.5, 0.6) is 0 Å². The summed E-state index contributed by atoms with van der Waals surface area (Å²) in [7, 11) is 0. The van der Waals surface area contributed by atoms with Gasteiger partial charge in [-0.25, -0.2) is 4.79 Å². The summed E-state index contributed by atoms with van der Waals surface area (Å²) in [5.41, 5.74) is 5.22. The van der Waals surface area contributed by atoms with Gasteiger partial charge in [-0.2, -0.15) is 0 Å². The molecule has 1 N–H and O–H groups in total. The second-order valence-corrected chi connectivity index (χ2v) is 9.59. The van der Waals surface area contributed by atoms with Crippen molar-refractivity contribution < 1.29 is 14.3 Å². The Morgan fingerprint density at radius 1 is 0.944 bits per heavy atom. The molecular formula is C31H26N2O3. The minimum absolute atomic E-state index is 0.257. The lowest BCUT2D eigenvalue weighted by atomic mass is 9.84. The van der Waals surface area contributed by atoms with Gasteiger partial charge < -0.3 is 9.72 Å². The number of hydrogen-bond donors (Lipinski definition) is 1. The van der Waals surface area contributed by atoms with Crippen LogP contribution in [0.3, 0.4) is 0 Å². The van der Waals surface area contributed by atoms with Gasteiger partial charge >= 0.3 is 5.97 Å². The molecule has 0 saturated heterocycles. The highest BCUT2D eigenvalue weighted by Crippen LogP contribution is 2.34. The molecule has 1 aliphatic carbocycles. The molecule has 0 saturated carbocycles. The Morgan fingerprint density at radius 2 is 1.67 bits per heavy atom. The Bertz CT molecular complexity index is 1600. The number of ether oxygens (including phenoxy) is 1. The van der Waals surface area contributed by atoms with Crippen LogP contribution in [-0.2, 0) is 17.6 Å². The number of fused-ring (bicyclic) bond motifs is 3. The van der Waals surface area contributed by atoms with Crippen LogP contribution < -0.4 is 0 Å². The molecule has 5 nitrogen and oxygen atoms in total. The summed E-state index contributed by atoms with van der Waals surface area (Å²) in [4.78, 5) is 35.9. The number of pyridine rings is 1. The van der Waals surface area contributed by atoms with Crippen LogP contribution in [0.25, 0.3) is 21.8 Å². The van der Waals surface area contributed by atoms with E-state index < -0.39 is 12.1 Å². The highest BCUT2D eigenvalue weighted by atomic mass is 16.5. The second-order valence-electron chi connectivity index (χ2n) is 9.59. The van der Waals surface area contributed by atoms with Crippen LogP contribution in [0.2, 0.25) is 0 Å². The second kappa shape index (κ2) is 9.08. The van der Waals surface area contributed by atoms with E-state index in [-0.39, 0.29) is 5.78 Å². The monoisotopic (exact) mass is 474 g/mol. The molecule has 0 radical (unpaired) electrons. The molecule has 2 atom stereocenters. The zero-order valence-corrected chi connectivity index (χ0v) is 20.0. The molecule has 5 heteroatoms. The standard InChI is InChI=1S/C31H26N2O3/c1-19-15-16-27-23(17-19)28(22-12-6-8-14-26(22)33-27)31(35)36-30(20-9-3-2-4-10-20)29(34)24-18-32-25-13-7-5-11-21(24)25/h2-14,18-19,30,32H,15-17H2,1H3. The highest BCUT2D eigenvalue weighted by Gasteiger charge is 2.32. The summed E-state index contributed by atoms with van der Waals surface area (Å²) in [5.74, 6) is -0.293. The van der Waals surface area contributed by atoms with Gasteiger partial charge in [-0.15, -0.1) is 0 Å². The van der Waals surface area contributed by atoms with E-state index in [2.05, 4.69) is 11.9 Å². The van der Waals surface area contributed by atoms with Crippen molar-refractivity contribution >= 4 is 33.6 Å². The number of aromatic nitrogens is 2. The third kappa shape index (κ3) is 3.87. The number of aryl methyl sites for hydroxylation is 1. The number of hydrogen-bond acceptors (Lipinski definition) is 4. The number of aromatic amines is 1. The van der Waals surface area contributed by atoms with Gasteiger partial charge in [0.1, 0.15) is 0 Å². The first-order valence-corrected chi connectivity index (χ1v) is 12.4. The zero-order chi connectivity index (χ0) is 24.6. The van der Waals surface area contributed by atoms with Crippen LogP contribution in [0.1, 0.15) is 57.0 Å². The molecular weight excluding hydrogens is 448 g/mol. The molecule has 5 aromatic rings. The number of esters is 1. The molecule has 2 heterocycles. The van der Waals surface area contributed by atoms with E-state index in [1.807, 2.05) is 78.9 Å². The van der Waals surface area contributed by atoms with Crippen LogP contribution in [0, 0.1) is 5.92 Å². The molecule has 0 amide bonds. The van der Waals surface area contributed by atoms with Gasteiger partial charge in [-0.3, -0.25) is 9.78 Å². The normalized spacial score (nSPS) is 16.0. The Morgan fingerprint density at radius 3 is 2.50 bits per heavy atom. The summed E-state index contributed by atoms with van der Waals surface area (Å²) in [5, 5.41) is 1.57. The summed E-state index contributed by atoms with van der Waals surface area (Å²) >= 11 is 0. The number of Topliss-reactive ketones (excluding diaryl/α,β-unsaturated/α-hetero) is 1. The maximum Gasteiger partial charge on any atom is 0.340 e. The molecule has 6 rings (SSSR count). The molecule has 178 valence electrons. The summed E-state index contributed by atoms with van der Waals surface area (Å²) < 4.78 is 6.14. The van der Waals surface area contributed by atoms with Crippen molar-refractivity contribution in [1.82, 2.24) is 9.97 Å². The van der Waals surface area contributed by atoms with E-state index >= 15 is 0 Å². The van der Waals surface area contributed by atoms with Crippen LogP contribution in [0.15, 0.2) is 85.1 Å². The number of carbonyl (C=O) groups is 2. The summed E-state index contributed by atoms with van der Waals surface area (Å²) in [6.45, 7) is 2.19. The van der Waals surface area contributed by atoms with Crippen LogP contribution >= 0.6 is 0 Å². The Labute approximate surface area is 209 Å². The number of rotatable bonds is 5. The van der Waals surface area contributed by atoms with E-state index in [1.165, 1.54) is 0 Å². The first-order valence-electron chi connectivity index (χ1n) is 12.4. The molecule has 0 spiro atoms. The van der Waals surface area contributed by atoms with Crippen LogP contribution in [-0.4, -0.2) is 21.7 Å². The summed E-state index contributed by atoms with van der Waals surface area (Å²) in [6, 6.07) is 24.5. The Kier molecular flexibility index (Phi) is 5.61. The maximum absolute atomic E-state index is 13.9. The number of carbonyl (C=O) groups excluding carboxylic acids is 2. The van der Waals surface area contributed by atoms with E-state index in [1.54, 1.807) is 6.20 Å². The molecule has 0 fully saturated rings. The van der Waals surface area contributed by atoms with Gasteiger partial charge in [0.15, 0.2) is 6.10 Å². The third-order valence-corrected chi connectivity index (χ3v) is 7.13. The zero-order valence-electron chi connectivity index (χ0n) is 20.0. The molecule has 0 bridgehead atoms. The van der Waals surface area contributed by atoms with E-state index in [9.17, 15) is 9.59 Å². The van der Waals surface area contributed by atoms with Gasteiger partial charge in [-0.1, -0.05) is 73.7 Å². The van der Waals surface area contributed by atoms with Gasteiger partial charge in [0.05, 0.1) is 11.1 Å². The minimum atomic E-state index is -1.07. The smallest absolute Gasteiger partial charge is 0.340 e. The molecule has 0 aliphatic heterocycles. The number of ketones is 1. The lowest BCUT2D eigenvalue weighted by molar-refractivity contribution is 0.0281. The lowest BCUT2D eigenvalue weighted by Gasteiger charge is -2.25. The maximum atomic E-state index is 13.9. The number of nitrogens with zero attached hydrogens (tertiary/aromatic N) is 1. The molecule has 3 aromatic carbocycles. The van der Waals surface area contributed by atoms with Gasteiger partial charge in [0, 0.05) is 39.3 Å². The van der Waals surface area contributed by atoms with Crippen molar-refractivity contribution in [2.75, 3.05) is 0 Å². The first kappa shape index (κ1) is 22.2. The molecule has 1 aliphatic rings. The number of H-pyrrole nitrogens is 1. The summed E-state index contributed by atoms with van der Waals surface area (Å²) in [6.07, 6.45) is 3.27. The molecule has 2 unspecified atom stereocenters. The average molecular weight is 475 g/mol. The van der Waals surface area contributed by atoms with Crippen molar-refractivity contribution in [2.45, 2.75) is 32.3 Å². The van der Waals surface area contributed by atoms with E-state index in [0.29, 0.717) is 22.6 Å². The fourth-order valence-electron chi connectivity index (χ4n) is 5.28.